The number of morpholine rings is 1. The molecule has 212 valence electrons. The second-order valence-electron chi connectivity index (χ2n) is 10.2. The van der Waals surface area contributed by atoms with Crippen molar-refractivity contribution < 1.29 is 13.9 Å². The van der Waals surface area contributed by atoms with Gasteiger partial charge in [0.05, 0.1) is 30.8 Å². The quantitative estimate of drug-likeness (QED) is 0.359. The van der Waals surface area contributed by atoms with Crippen molar-refractivity contribution in [2.75, 3.05) is 82.0 Å². The Balaban J connectivity index is 1.32. The van der Waals surface area contributed by atoms with Crippen LogP contribution in [0.1, 0.15) is 0 Å². The van der Waals surface area contributed by atoms with Crippen LogP contribution in [-0.2, 0) is 9.53 Å². The Morgan fingerprint density at radius 3 is 2.46 bits per heavy atom. The Bertz CT molecular complexity index is 1550. The average Bonchev–Trinajstić information content (AvgIpc) is 2.99. The van der Waals surface area contributed by atoms with Gasteiger partial charge in [0.15, 0.2) is 11.6 Å². The zero-order valence-electron chi connectivity index (χ0n) is 22.8. The van der Waals surface area contributed by atoms with Gasteiger partial charge >= 0.3 is 0 Å². The van der Waals surface area contributed by atoms with Gasteiger partial charge in [-0.3, -0.25) is 14.7 Å². The molecule has 5 heterocycles. The van der Waals surface area contributed by atoms with Crippen molar-refractivity contribution in [3.8, 4) is 22.5 Å². The summed E-state index contributed by atoms with van der Waals surface area (Å²) >= 11 is 0. The molecule has 0 radical (unpaired) electrons. The van der Waals surface area contributed by atoms with Gasteiger partial charge in [-0.1, -0.05) is 0 Å². The minimum Gasteiger partial charge on any atom is -0.378 e. The number of pyridine rings is 1. The number of ether oxygens (including phenoxy) is 1. The fourth-order valence-corrected chi connectivity index (χ4v) is 4.96. The number of nitrogens with one attached hydrogen (secondary N) is 1. The van der Waals surface area contributed by atoms with Crippen LogP contribution in [0.2, 0.25) is 0 Å². The van der Waals surface area contributed by atoms with E-state index in [1.165, 1.54) is 6.07 Å². The number of carbonyl (C=O) groups excluding carboxylic acids is 1. The van der Waals surface area contributed by atoms with Gasteiger partial charge in [-0.15, -0.1) is 0 Å². The van der Waals surface area contributed by atoms with E-state index in [1.807, 2.05) is 0 Å². The summed E-state index contributed by atoms with van der Waals surface area (Å²) in [5.74, 6) is 0.642. The van der Waals surface area contributed by atoms with Crippen molar-refractivity contribution in [2.45, 2.75) is 0 Å². The van der Waals surface area contributed by atoms with Crippen LogP contribution in [0.5, 0.6) is 0 Å². The molecule has 0 unspecified atom stereocenters. The van der Waals surface area contributed by atoms with Gasteiger partial charge in [0.25, 0.3) is 0 Å². The number of nitrogens with zero attached hydrogens (tertiary/aromatic N) is 8. The number of aromatic nitrogens is 5. The molecule has 13 heteroatoms. The van der Waals surface area contributed by atoms with Gasteiger partial charge < -0.3 is 25.6 Å². The van der Waals surface area contributed by atoms with Crippen molar-refractivity contribution in [3.05, 3.63) is 48.7 Å². The Morgan fingerprint density at radius 2 is 1.71 bits per heavy atom. The van der Waals surface area contributed by atoms with Crippen LogP contribution in [0.3, 0.4) is 0 Å². The second kappa shape index (κ2) is 11.6. The molecule has 4 aromatic rings. The molecule has 1 aromatic carbocycles. The molecular formula is C28H31FN10O2. The summed E-state index contributed by atoms with van der Waals surface area (Å²) in [5, 5.41) is 2.91. The van der Waals surface area contributed by atoms with E-state index in [2.05, 4.69) is 42.0 Å². The summed E-state index contributed by atoms with van der Waals surface area (Å²) in [6, 6.07) is 6.32. The highest BCUT2D eigenvalue weighted by Gasteiger charge is 2.21. The van der Waals surface area contributed by atoms with Crippen molar-refractivity contribution in [3.63, 3.8) is 0 Å². The molecule has 6 rings (SSSR count). The van der Waals surface area contributed by atoms with E-state index in [1.54, 1.807) is 36.8 Å². The maximum Gasteiger partial charge on any atom is 0.238 e. The summed E-state index contributed by atoms with van der Waals surface area (Å²) in [4.78, 5) is 41.5. The molecular weight excluding hydrogens is 527 g/mol. The summed E-state index contributed by atoms with van der Waals surface area (Å²) in [6.07, 6.45) is 4.74. The topological polar surface area (TPSA) is 139 Å². The van der Waals surface area contributed by atoms with Crippen LogP contribution < -0.4 is 16.0 Å². The maximum atomic E-state index is 15.1. The third kappa shape index (κ3) is 6.06. The van der Waals surface area contributed by atoms with E-state index in [9.17, 15) is 4.79 Å². The Hall–Kier alpha value is -4.33. The summed E-state index contributed by atoms with van der Waals surface area (Å²) < 4.78 is 20.6. The van der Waals surface area contributed by atoms with Crippen molar-refractivity contribution in [1.29, 1.82) is 0 Å². The molecule has 0 saturated carbocycles. The molecule has 1 amide bonds. The lowest BCUT2D eigenvalue weighted by atomic mass is 10.1. The van der Waals surface area contributed by atoms with Crippen molar-refractivity contribution in [1.82, 2.24) is 34.7 Å². The van der Waals surface area contributed by atoms with Crippen LogP contribution in [0, 0.1) is 5.82 Å². The highest BCUT2D eigenvalue weighted by molar-refractivity contribution is 5.94. The molecule has 2 aliphatic rings. The number of hydrogen-bond acceptors (Lipinski definition) is 11. The van der Waals surface area contributed by atoms with Crippen LogP contribution in [0.15, 0.2) is 42.9 Å². The first-order valence-electron chi connectivity index (χ1n) is 13.5. The maximum absolute atomic E-state index is 15.1. The van der Waals surface area contributed by atoms with E-state index in [4.69, 9.17) is 20.4 Å². The van der Waals surface area contributed by atoms with E-state index in [-0.39, 0.29) is 18.4 Å². The lowest BCUT2D eigenvalue weighted by Crippen LogP contribution is -2.47. The number of piperazine rings is 1. The minimum atomic E-state index is -0.433. The highest BCUT2D eigenvalue weighted by Crippen LogP contribution is 2.31. The van der Waals surface area contributed by atoms with Gasteiger partial charge in [0, 0.05) is 74.7 Å². The molecule has 0 spiro atoms. The number of nitrogen functional groups attached to an aromatic ring is 1. The number of likely N-dealkylation sites (N-methyl/N-ethyl adjacent to an activating group) is 1. The van der Waals surface area contributed by atoms with Gasteiger partial charge in [-0.25, -0.2) is 24.3 Å². The lowest BCUT2D eigenvalue weighted by molar-refractivity contribution is -0.117. The van der Waals surface area contributed by atoms with E-state index in [0.29, 0.717) is 71.4 Å². The van der Waals surface area contributed by atoms with Gasteiger partial charge in [-0.2, -0.15) is 0 Å². The predicted octanol–water partition coefficient (Wildman–Crippen LogP) is 1.89. The number of benzene rings is 1. The lowest BCUT2D eigenvalue weighted by Gasteiger charge is -2.31. The molecule has 0 atom stereocenters. The number of anilines is 3. The fourth-order valence-electron chi connectivity index (χ4n) is 4.96. The number of hydrogen-bond donors (Lipinski definition) is 2. The molecule has 41 heavy (non-hydrogen) atoms. The van der Waals surface area contributed by atoms with Crippen LogP contribution in [0.4, 0.5) is 21.8 Å². The summed E-state index contributed by atoms with van der Waals surface area (Å²) in [6.45, 7) is 6.25. The molecule has 3 aromatic heterocycles. The zero-order valence-corrected chi connectivity index (χ0v) is 22.8. The largest absolute Gasteiger partial charge is 0.378 e. The summed E-state index contributed by atoms with van der Waals surface area (Å²) in [5.41, 5.74) is 8.74. The van der Waals surface area contributed by atoms with Gasteiger partial charge in [0.2, 0.25) is 11.9 Å². The Labute approximate surface area is 236 Å². The number of amides is 1. The standard InChI is InChI=1S/C28H31FN10O2/c1-37-4-6-38(7-5-37)17-24(40)34-20-2-3-22(29)21(13-20)18-12-23-25(31-14-18)27(39-8-10-41-11-9-39)36-26(35-23)19-15-32-28(30)33-16-19/h2-3,12-16H,4-11,17H2,1H3,(H,34,40)(H2,30,32,33). The van der Waals surface area contributed by atoms with E-state index >= 15 is 4.39 Å². The van der Waals surface area contributed by atoms with Crippen molar-refractivity contribution in [2.24, 2.45) is 0 Å². The van der Waals surface area contributed by atoms with E-state index < -0.39 is 5.82 Å². The van der Waals surface area contributed by atoms with Gasteiger partial charge in [-0.05, 0) is 31.3 Å². The van der Waals surface area contributed by atoms with Crippen LogP contribution in [-0.4, -0.2) is 107 Å². The summed E-state index contributed by atoms with van der Waals surface area (Å²) in [7, 11) is 2.07. The predicted molar refractivity (Wildman–Crippen MR) is 154 cm³/mol. The number of fused-ring (bicyclic) bond motifs is 1. The number of rotatable bonds is 6. The molecule has 0 bridgehead atoms. The molecule has 12 nitrogen and oxygen atoms in total. The monoisotopic (exact) mass is 558 g/mol. The SMILES string of the molecule is CN1CCN(CC(=O)Nc2ccc(F)c(-c3cnc4c(N5CCOCC5)nc(-c5cnc(N)nc5)nc4c3)c2)CC1. The smallest absolute Gasteiger partial charge is 0.238 e. The zero-order chi connectivity index (χ0) is 28.3. The number of nitrogens with two attached hydrogens (primary N) is 1. The van der Waals surface area contributed by atoms with Crippen molar-refractivity contribution >= 4 is 34.4 Å². The second-order valence-corrected chi connectivity index (χ2v) is 10.2. The first-order chi connectivity index (χ1) is 19.9. The molecule has 0 aliphatic carbocycles. The Kier molecular flexibility index (Phi) is 7.63. The van der Waals surface area contributed by atoms with Crippen LogP contribution in [0.25, 0.3) is 33.5 Å². The average molecular weight is 559 g/mol. The number of halogens is 1. The van der Waals surface area contributed by atoms with Gasteiger partial charge in [0.1, 0.15) is 11.3 Å². The number of carbonyl (C=O) groups is 1. The Morgan fingerprint density at radius 1 is 0.976 bits per heavy atom. The molecule has 3 N–H and O–H groups in total. The fraction of sp³-hybridized carbons (Fsp3) is 0.357. The molecule has 2 aliphatic heterocycles. The van der Waals surface area contributed by atoms with Crippen LogP contribution >= 0.6 is 0 Å². The van der Waals surface area contributed by atoms with E-state index in [0.717, 1.165) is 26.2 Å². The molecule has 2 saturated heterocycles. The third-order valence-electron chi connectivity index (χ3n) is 7.28. The third-order valence-corrected chi connectivity index (χ3v) is 7.28. The first-order valence-corrected chi connectivity index (χ1v) is 13.5. The highest BCUT2D eigenvalue weighted by atomic mass is 19.1. The molecule has 2 fully saturated rings. The minimum absolute atomic E-state index is 0.137. The normalized spacial score (nSPS) is 16.7. The first kappa shape index (κ1) is 26.9.